The molecule has 1 N–H and O–H groups in total. The summed E-state index contributed by atoms with van der Waals surface area (Å²) in [5.74, 6) is -0.771. The van der Waals surface area contributed by atoms with Gasteiger partial charge in [0.2, 0.25) is 5.13 Å². The van der Waals surface area contributed by atoms with E-state index in [-0.39, 0.29) is 5.75 Å². The Balaban J connectivity index is 1.55. The Kier molecular flexibility index (Phi) is 4.42. The first-order valence-corrected chi connectivity index (χ1v) is 8.69. The summed E-state index contributed by atoms with van der Waals surface area (Å²) in [6.45, 7) is 4.51. The van der Waals surface area contributed by atoms with Crippen LogP contribution in [-0.2, 0) is 4.79 Å². The monoisotopic (exact) mass is 314 g/mol. The SMILES string of the molecule is O=C(O)CSc1nnc(N2CCC(N3CCCC3)C2)s1. The van der Waals surface area contributed by atoms with Crippen LogP contribution >= 0.6 is 23.1 Å². The number of anilines is 1. The van der Waals surface area contributed by atoms with Gasteiger partial charge in [-0.2, -0.15) is 0 Å². The predicted octanol–water partition coefficient (Wildman–Crippen LogP) is 1.39. The van der Waals surface area contributed by atoms with Gasteiger partial charge in [0.1, 0.15) is 0 Å². The molecule has 0 amide bonds. The summed E-state index contributed by atoms with van der Waals surface area (Å²) in [6, 6.07) is 0.650. The van der Waals surface area contributed by atoms with Gasteiger partial charge in [0.05, 0.1) is 5.75 Å². The van der Waals surface area contributed by atoms with Crippen molar-refractivity contribution in [3.8, 4) is 0 Å². The average Bonchev–Trinajstić information content (AvgIpc) is 3.15. The minimum absolute atomic E-state index is 0.0467. The maximum Gasteiger partial charge on any atom is 0.313 e. The number of carboxylic acids is 1. The van der Waals surface area contributed by atoms with Crippen LogP contribution in [-0.4, -0.2) is 64.1 Å². The molecule has 2 aliphatic rings. The van der Waals surface area contributed by atoms with Crippen molar-refractivity contribution in [1.82, 2.24) is 15.1 Å². The average molecular weight is 314 g/mol. The van der Waals surface area contributed by atoms with Gasteiger partial charge in [-0.1, -0.05) is 23.1 Å². The lowest BCUT2D eigenvalue weighted by Crippen LogP contribution is -2.35. The summed E-state index contributed by atoms with van der Waals surface area (Å²) in [4.78, 5) is 15.4. The third-order valence-electron chi connectivity index (χ3n) is 3.81. The molecular formula is C12H18N4O2S2. The normalized spacial score (nSPS) is 23.6. The van der Waals surface area contributed by atoms with Crippen LogP contribution in [0, 0.1) is 0 Å². The molecule has 1 aromatic heterocycles. The van der Waals surface area contributed by atoms with Crippen molar-refractivity contribution in [2.24, 2.45) is 0 Å². The first-order chi connectivity index (χ1) is 9.72. The Hall–Kier alpha value is -0.860. The van der Waals surface area contributed by atoms with E-state index in [1.807, 2.05) is 0 Å². The van der Waals surface area contributed by atoms with Crippen molar-refractivity contribution in [3.05, 3.63) is 0 Å². The topological polar surface area (TPSA) is 69.6 Å². The van der Waals surface area contributed by atoms with E-state index in [4.69, 9.17) is 5.11 Å². The maximum absolute atomic E-state index is 10.5. The second-order valence-electron chi connectivity index (χ2n) is 5.16. The van der Waals surface area contributed by atoms with Crippen molar-refractivity contribution < 1.29 is 9.90 Å². The molecular weight excluding hydrogens is 296 g/mol. The molecule has 20 heavy (non-hydrogen) atoms. The maximum atomic E-state index is 10.5. The van der Waals surface area contributed by atoms with E-state index >= 15 is 0 Å². The van der Waals surface area contributed by atoms with Gasteiger partial charge >= 0.3 is 5.97 Å². The van der Waals surface area contributed by atoms with Crippen LogP contribution in [0.15, 0.2) is 4.34 Å². The number of carbonyl (C=O) groups is 1. The van der Waals surface area contributed by atoms with Crippen LogP contribution in [0.1, 0.15) is 19.3 Å². The molecule has 2 aliphatic heterocycles. The van der Waals surface area contributed by atoms with Crippen LogP contribution in [0.25, 0.3) is 0 Å². The highest BCUT2D eigenvalue weighted by Crippen LogP contribution is 2.31. The van der Waals surface area contributed by atoms with Gasteiger partial charge in [0, 0.05) is 19.1 Å². The molecule has 2 fully saturated rings. The summed E-state index contributed by atoms with van der Waals surface area (Å²) in [5.41, 5.74) is 0. The predicted molar refractivity (Wildman–Crippen MR) is 79.7 cm³/mol. The molecule has 110 valence electrons. The quantitative estimate of drug-likeness (QED) is 0.824. The van der Waals surface area contributed by atoms with Crippen LogP contribution < -0.4 is 4.90 Å². The van der Waals surface area contributed by atoms with Gasteiger partial charge in [-0.25, -0.2) is 0 Å². The lowest BCUT2D eigenvalue weighted by Gasteiger charge is -2.23. The standard InChI is InChI=1S/C12H18N4O2S2/c17-10(18)8-19-12-14-13-11(20-12)16-6-3-9(7-16)15-4-1-2-5-15/h9H,1-8H2,(H,17,18). The van der Waals surface area contributed by atoms with Gasteiger partial charge in [-0.15, -0.1) is 10.2 Å². The van der Waals surface area contributed by atoms with Crippen molar-refractivity contribution in [2.75, 3.05) is 36.8 Å². The molecule has 0 bridgehead atoms. The van der Waals surface area contributed by atoms with Gasteiger partial charge in [0.15, 0.2) is 4.34 Å². The van der Waals surface area contributed by atoms with E-state index in [0.29, 0.717) is 6.04 Å². The smallest absolute Gasteiger partial charge is 0.313 e. The van der Waals surface area contributed by atoms with Gasteiger partial charge in [-0.3, -0.25) is 9.69 Å². The number of thioether (sulfide) groups is 1. The van der Waals surface area contributed by atoms with E-state index in [1.165, 1.54) is 55.5 Å². The number of carboxylic acid groups (broad SMARTS) is 1. The molecule has 0 aliphatic carbocycles. The fourth-order valence-electron chi connectivity index (χ4n) is 2.83. The van der Waals surface area contributed by atoms with Crippen molar-refractivity contribution >= 4 is 34.2 Å². The Morgan fingerprint density at radius 3 is 2.90 bits per heavy atom. The highest BCUT2D eigenvalue weighted by molar-refractivity contribution is 8.01. The molecule has 1 aromatic rings. The number of hydrogen-bond donors (Lipinski definition) is 1. The Bertz CT molecular complexity index is 476. The van der Waals surface area contributed by atoms with Crippen LogP contribution in [0.4, 0.5) is 5.13 Å². The molecule has 0 aromatic carbocycles. The van der Waals surface area contributed by atoms with Crippen molar-refractivity contribution in [3.63, 3.8) is 0 Å². The molecule has 2 saturated heterocycles. The molecule has 8 heteroatoms. The highest BCUT2D eigenvalue weighted by atomic mass is 32.2. The van der Waals surface area contributed by atoms with Gasteiger partial charge in [0.25, 0.3) is 0 Å². The summed E-state index contributed by atoms with van der Waals surface area (Å²) in [6.07, 6.45) is 3.84. The molecule has 6 nitrogen and oxygen atoms in total. The zero-order valence-electron chi connectivity index (χ0n) is 11.2. The van der Waals surface area contributed by atoms with E-state index < -0.39 is 5.97 Å². The number of nitrogens with zero attached hydrogens (tertiary/aromatic N) is 4. The van der Waals surface area contributed by atoms with Crippen molar-refractivity contribution in [1.29, 1.82) is 0 Å². The number of likely N-dealkylation sites (tertiary alicyclic amines) is 1. The van der Waals surface area contributed by atoms with Crippen molar-refractivity contribution in [2.45, 2.75) is 29.6 Å². The largest absolute Gasteiger partial charge is 0.481 e. The molecule has 1 atom stereocenters. The van der Waals surface area contributed by atoms with E-state index in [0.717, 1.165) is 22.6 Å². The summed E-state index contributed by atoms with van der Waals surface area (Å²) in [7, 11) is 0. The van der Waals surface area contributed by atoms with E-state index in [1.54, 1.807) is 0 Å². The van der Waals surface area contributed by atoms with Crippen LogP contribution in [0.5, 0.6) is 0 Å². The fourth-order valence-corrected chi connectivity index (χ4v) is 4.43. The molecule has 0 saturated carbocycles. The molecule has 3 heterocycles. The van der Waals surface area contributed by atoms with Crippen LogP contribution in [0.3, 0.4) is 0 Å². The highest BCUT2D eigenvalue weighted by Gasteiger charge is 2.30. The third kappa shape index (κ3) is 3.24. The second-order valence-corrected chi connectivity index (χ2v) is 7.34. The fraction of sp³-hybridized carbons (Fsp3) is 0.750. The van der Waals surface area contributed by atoms with E-state index in [9.17, 15) is 4.79 Å². The zero-order chi connectivity index (χ0) is 13.9. The lowest BCUT2D eigenvalue weighted by molar-refractivity contribution is -0.133. The first kappa shape index (κ1) is 14.1. The third-order valence-corrected chi connectivity index (χ3v) is 5.91. The summed E-state index contributed by atoms with van der Waals surface area (Å²) >= 11 is 2.74. The first-order valence-electron chi connectivity index (χ1n) is 6.89. The number of hydrogen-bond acceptors (Lipinski definition) is 7. The summed E-state index contributed by atoms with van der Waals surface area (Å²) in [5, 5.41) is 17.9. The van der Waals surface area contributed by atoms with E-state index in [2.05, 4.69) is 20.0 Å². The Labute approximate surface area is 126 Å². The Morgan fingerprint density at radius 2 is 2.15 bits per heavy atom. The second kappa shape index (κ2) is 6.28. The van der Waals surface area contributed by atoms with Gasteiger partial charge < -0.3 is 10.0 Å². The zero-order valence-corrected chi connectivity index (χ0v) is 12.8. The lowest BCUT2D eigenvalue weighted by atomic mass is 10.2. The summed E-state index contributed by atoms with van der Waals surface area (Å²) < 4.78 is 0.743. The Morgan fingerprint density at radius 1 is 1.35 bits per heavy atom. The van der Waals surface area contributed by atoms with Gasteiger partial charge in [-0.05, 0) is 32.4 Å². The minimum atomic E-state index is -0.818. The molecule has 0 spiro atoms. The van der Waals surface area contributed by atoms with Crippen LogP contribution in [0.2, 0.25) is 0 Å². The molecule has 3 rings (SSSR count). The number of aromatic nitrogens is 2. The molecule has 1 unspecified atom stereocenters. The number of rotatable bonds is 5. The molecule has 0 radical (unpaired) electrons. The number of aliphatic carboxylic acids is 1. The minimum Gasteiger partial charge on any atom is -0.481 e.